The molecule has 2 rings (SSSR count). The number of nitrogen functional groups attached to an aromatic ring is 1. The number of carbonyl (C=O) groups excluding carboxylic acids is 1. The molecule has 0 aliphatic carbocycles. The number of esters is 1. The van der Waals surface area contributed by atoms with Gasteiger partial charge in [0, 0.05) is 0 Å². The Kier molecular flexibility index (Phi) is 3.70. The standard InChI is InChI=1S/C13H15N3O3/c1-3-19-13(17)12-9(14)8-16(15-12)10-6-4-5-7-11(10)18-2/h4-8H,3,14H2,1-2H3. The zero-order chi connectivity index (χ0) is 13.8. The first-order valence-corrected chi connectivity index (χ1v) is 5.83. The smallest absolute Gasteiger partial charge is 0.361 e. The molecule has 0 saturated heterocycles. The summed E-state index contributed by atoms with van der Waals surface area (Å²) in [5.74, 6) is 0.106. The number of anilines is 1. The van der Waals surface area contributed by atoms with Gasteiger partial charge in [-0.3, -0.25) is 0 Å². The normalized spacial score (nSPS) is 10.2. The number of methoxy groups -OCH3 is 1. The maximum absolute atomic E-state index is 11.7. The number of carbonyl (C=O) groups is 1. The van der Waals surface area contributed by atoms with Crippen molar-refractivity contribution < 1.29 is 14.3 Å². The van der Waals surface area contributed by atoms with Crippen LogP contribution < -0.4 is 10.5 Å². The highest BCUT2D eigenvalue weighted by Crippen LogP contribution is 2.23. The molecule has 0 aliphatic heterocycles. The number of aromatic nitrogens is 2. The molecule has 1 heterocycles. The number of nitrogens with zero attached hydrogens (tertiary/aromatic N) is 2. The number of ether oxygens (including phenoxy) is 2. The Bertz CT molecular complexity index is 593. The molecule has 0 fully saturated rings. The van der Waals surface area contributed by atoms with Crippen LogP contribution in [0.25, 0.3) is 5.69 Å². The zero-order valence-electron chi connectivity index (χ0n) is 10.8. The summed E-state index contributed by atoms with van der Waals surface area (Å²) < 4.78 is 11.6. The number of rotatable bonds is 4. The van der Waals surface area contributed by atoms with Gasteiger partial charge < -0.3 is 15.2 Å². The molecule has 6 nitrogen and oxygen atoms in total. The molecule has 0 spiro atoms. The van der Waals surface area contributed by atoms with E-state index in [0.29, 0.717) is 11.4 Å². The highest BCUT2D eigenvalue weighted by atomic mass is 16.5. The fraction of sp³-hybridized carbons (Fsp3) is 0.231. The van der Waals surface area contributed by atoms with Gasteiger partial charge in [-0.05, 0) is 19.1 Å². The predicted octanol–water partition coefficient (Wildman–Crippen LogP) is 1.64. The van der Waals surface area contributed by atoms with Crippen molar-refractivity contribution in [1.82, 2.24) is 9.78 Å². The van der Waals surface area contributed by atoms with Gasteiger partial charge in [-0.15, -0.1) is 0 Å². The molecule has 0 atom stereocenters. The minimum absolute atomic E-state index is 0.104. The second kappa shape index (κ2) is 5.43. The first-order chi connectivity index (χ1) is 9.17. The third-order valence-corrected chi connectivity index (χ3v) is 2.54. The Labute approximate surface area is 110 Å². The van der Waals surface area contributed by atoms with Crippen LogP contribution in [0.5, 0.6) is 5.75 Å². The molecule has 0 radical (unpaired) electrons. The van der Waals surface area contributed by atoms with Gasteiger partial charge in [0.1, 0.15) is 11.4 Å². The molecule has 6 heteroatoms. The topological polar surface area (TPSA) is 79.4 Å². The monoisotopic (exact) mass is 261 g/mol. The minimum atomic E-state index is -0.534. The van der Waals surface area contributed by atoms with Crippen LogP contribution in [0.2, 0.25) is 0 Å². The second-order valence-electron chi connectivity index (χ2n) is 3.77. The van der Waals surface area contributed by atoms with Gasteiger partial charge in [0.15, 0.2) is 5.69 Å². The fourth-order valence-electron chi connectivity index (χ4n) is 1.69. The molecule has 0 aliphatic rings. The van der Waals surface area contributed by atoms with E-state index in [9.17, 15) is 4.79 Å². The molecule has 0 bridgehead atoms. The van der Waals surface area contributed by atoms with Gasteiger partial charge in [0.25, 0.3) is 0 Å². The van der Waals surface area contributed by atoms with Gasteiger partial charge in [-0.2, -0.15) is 5.10 Å². The van der Waals surface area contributed by atoms with E-state index in [1.165, 1.54) is 4.68 Å². The molecular weight excluding hydrogens is 246 g/mol. The van der Waals surface area contributed by atoms with Gasteiger partial charge in [-0.1, -0.05) is 12.1 Å². The van der Waals surface area contributed by atoms with E-state index in [4.69, 9.17) is 15.2 Å². The Morgan fingerprint density at radius 3 is 2.84 bits per heavy atom. The van der Waals surface area contributed by atoms with Crippen LogP contribution in [0.4, 0.5) is 5.69 Å². The van der Waals surface area contributed by atoms with E-state index in [1.54, 1.807) is 26.3 Å². The van der Waals surface area contributed by atoms with E-state index in [2.05, 4.69) is 5.10 Å². The van der Waals surface area contributed by atoms with Crippen molar-refractivity contribution in [3.8, 4) is 11.4 Å². The van der Waals surface area contributed by atoms with Gasteiger partial charge in [-0.25, -0.2) is 9.48 Å². The van der Waals surface area contributed by atoms with Gasteiger partial charge in [0.05, 0.1) is 25.6 Å². The lowest BCUT2D eigenvalue weighted by atomic mass is 10.3. The van der Waals surface area contributed by atoms with E-state index in [-0.39, 0.29) is 18.0 Å². The number of benzene rings is 1. The maximum atomic E-state index is 11.7. The van der Waals surface area contributed by atoms with Gasteiger partial charge in [0.2, 0.25) is 0 Å². The van der Waals surface area contributed by atoms with E-state index >= 15 is 0 Å². The zero-order valence-corrected chi connectivity index (χ0v) is 10.8. The first kappa shape index (κ1) is 12.9. The van der Waals surface area contributed by atoms with Crippen molar-refractivity contribution in [3.05, 3.63) is 36.2 Å². The van der Waals surface area contributed by atoms with Crippen molar-refractivity contribution in [2.45, 2.75) is 6.92 Å². The van der Waals surface area contributed by atoms with Crippen LogP contribution >= 0.6 is 0 Å². The lowest BCUT2D eigenvalue weighted by Gasteiger charge is -2.07. The molecule has 100 valence electrons. The molecule has 19 heavy (non-hydrogen) atoms. The summed E-state index contributed by atoms with van der Waals surface area (Å²) in [6.45, 7) is 2.01. The number of hydrogen-bond donors (Lipinski definition) is 1. The summed E-state index contributed by atoms with van der Waals surface area (Å²) in [7, 11) is 1.57. The van der Waals surface area contributed by atoms with Crippen LogP contribution in [0.3, 0.4) is 0 Å². The first-order valence-electron chi connectivity index (χ1n) is 5.83. The van der Waals surface area contributed by atoms with Crippen LogP contribution in [0, 0.1) is 0 Å². The highest BCUT2D eigenvalue weighted by Gasteiger charge is 2.17. The summed E-state index contributed by atoms with van der Waals surface area (Å²) >= 11 is 0. The summed E-state index contributed by atoms with van der Waals surface area (Å²) in [6, 6.07) is 7.32. The SMILES string of the molecule is CCOC(=O)c1nn(-c2ccccc2OC)cc1N. The second-order valence-corrected chi connectivity index (χ2v) is 3.77. The Balaban J connectivity index is 2.42. The predicted molar refractivity (Wildman–Crippen MR) is 70.5 cm³/mol. The van der Waals surface area contributed by atoms with E-state index < -0.39 is 5.97 Å². The molecule has 2 aromatic rings. The minimum Gasteiger partial charge on any atom is -0.494 e. The summed E-state index contributed by atoms with van der Waals surface area (Å²) in [5, 5.41) is 4.14. The quantitative estimate of drug-likeness (QED) is 0.846. The third-order valence-electron chi connectivity index (χ3n) is 2.54. The molecular formula is C13H15N3O3. The van der Waals surface area contributed by atoms with Crippen LogP contribution in [0.15, 0.2) is 30.5 Å². The summed E-state index contributed by atoms with van der Waals surface area (Å²) in [6.07, 6.45) is 1.56. The highest BCUT2D eigenvalue weighted by molar-refractivity contribution is 5.92. The lowest BCUT2D eigenvalue weighted by molar-refractivity contribution is 0.0520. The van der Waals surface area contributed by atoms with Gasteiger partial charge >= 0.3 is 5.97 Å². The molecule has 1 aromatic heterocycles. The molecule has 0 saturated carbocycles. The van der Waals surface area contributed by atoms with Crippen LogP contribution in [0.1, 0.15) is 17.4 Å². The number of nitrogens with two attached hydrogens (primary N) is 1. The van der Waals surface area contributed by atoms with E-state index in [1.807, 2.05) is 18.2 Å². The van der Waals surface area contributed by atoms with Crippen molar-refractivity contribution in [3.63, 3.8) is 0 Å². The largest absolute Gasteiger partial charge is 0.494 e. The number of hydrogen-bond acceptors (Lipinski definition) is 5. The Morgan fingerprint density at radius 2 is 2.16 bits per heavy atom. The average molecular weight is 261 g/mol. The Hall–Kier alpha value is -2.50. The van der Waals surface area contributed by atoms with Crippen LogP contribution in [-0.2, 0) is 4.74 Å². The number of para-hydroxylation sites is 2. The lowest BCUT2D eigenvalue weighted by Crippen LogP contribution is -2.08. The van der Waals surface area contributed by atoms with E-state index in [0.717, 1.165) is 0 Å². The third kappa shape index (κ3) is 2.52. The molecule has 2 N–H and O–H groups in total. The van der Waals surface area contributed by atoms with Crippen molar-refractivity contribution >= 4 is 11.7 Å². The maximum Gasteiger partial charge on any atom is 0.361 e. The average Bonchev–Trinajstić information content (AvgIpc) is 2.81. The van der Waals surface area contributed by atoms with Crippen LogP contribution in [-0.4, -0.2) is 29.5 Å². The van der Waals surface area contributed by atoms with Crippen molar-refractivity contribution in [1.29, 1.82) is 0 Å². The Morgan fingerprint density at radius 1 is 1.42 bits per heavy atom. The summed E-state index contributed by atoms with van der Waals surface area (Å²) in [4.78, 5) is 11.7. The molecule has 0 unspecified atom stereocenters. The summed E-state index contributed by atoms with van der Waals surface area (Å²) in [5.41, 5.74) is 6.85. The molecule has 0 amide bonds. The molecule has 1 aromatic carbocycles. The fourth-order valence-corrected chi connectivity index (χ4v) is 1.69. The van der Waals surface area contributed by atoms with Crippen molar-refractivity contribution in [2.75, 3.05) is 19.5 Å². The van der Waals surface area contributed by atoms with Crippen molar-refractivity contribution in [2.24, 2.45) is 0 Å².